The normalized spacial score (nSPS) is 17.8. The van der Waals surface area contributed by atoms with Crippen molar-refractivity contribution in [2.45, 2.75) is 19.0 Å². The zero-order valence-corrected chi connectivity index (χ0v) is 16.2. The molecule has 1 fully saturated rings. The van der Waals surface area contributed by atoms with Crippen LogP contribution in [0.1, 0.15) is 33.6 Å². The number of amides is 2. The van der Waals surface area contributed by atoms with Crippen LogP contribution in [0.3, 0.4) is 0 Å². The van der Waals surface area contributed by atoms with Crippen LogP contribution in [0.15, 0.2) is 36.4 Å². The van der Waals surface area contributed by atoms with Gasteiger partial charge in [-0.05, 0) is 31.0 Å². The van der Waals surface area contributed by atoms with Gasteiger partial charge in [-0.1, -0.05) is 0 Å². The largest absolute Gasteiger partial charge is 0.497 e. The number of benzene rings is 2. The molecule has 2 heterocycles. The Bertz CT molecular complexity index is 921. The quantitative estimate of drug-likeness (QED) is 0.882. The molecule has 0 saturated carbocycles. The summed E-state index contributed by atoms with van der Waals surface area (Å²) < 4.78 is 10.5. The summed E-state index contributed by atoms with van der Waals surface area (Å²) in [5.41, 5.74) is 2.50. The molecule has 2 amide bonds. The van der Waals surface area contributed by atoms with Gasteiger partial charge < -0.3 is 24.6 Å². The second-order valence-electron chi connectivity index (χ2n) is 7.02. The lowest BCUT2D eigenvalue weighted by Gasteiger charge is -2.40. The zero-order valence-electron chi connectivity index (χ0n) is 16.2. The monoisotopic (exact) mass is 381 g/mol. The van der Waals surface area contributed by atoms with E-state index in [1.165, 1.54) is 0 Å². The number of anilines is 2. The number of fused-ring (bicyclic) bond motifs is 2. The molecule has 0 bridgehead atoms. The first kappa shape index (κ1) is 18.2. The van der Waals surface area contributed by atoms with Gasteiger partial charge in [0.25, 0.3) is 11.8 Å². The number of nitrogens with one attached hydrogen (secondary N) is 1. The van der Waals surface area contributed by atoms with E-state index >= 15 is 0 Å². The lowest BCUT2D eigenvalue weighted by Crippen LogP contribution is -2.50. The molecule has 2 aliphatic rings. The van der Waals surface area contributed by atoms with Crippen LogP contribution in [0.5, 0.6) is 11.5 Å². The number of nitrogens with zero attached hydrogens (tertiary/aromatic N) is 2. The van der Waals surface area contributed by atoms with Crippen LogP contribution in [0.4, 0.5) is 11.4 Å². The first-order chi connectivity index (χ1) is 13.5. The summed E-state index contributed by atoms with van der Waals surface area (Å²) in [6, 6.07) is 10.4. The summed E-state index contributed by atoms with van der Waals surface area (Å²) in [7, 11) is 5.09. The molecule has 0 unspecified atom stereocenters. The molecule has 28 heavy (non-hydrogen) atoms. The molecule has 4 rings (SSSR count). The molecule has 7 heteroatoms. The van der Waals surface area contributed by atoms with Gasteiger partial charge in [0.2, 0.25) is 0 Å². The third kappa shape index (κ3) is 3.02. The Kier molecular flexibility index (Phi) is 4.58. The Morgan fingerprint density at radius 1 is 1.11 bits per heavy atom. The molecular formula is C21H23N3O4. The van der Waals surface area contributed by atoms with Crippen LogP contribution < -0.4 is 19.7 Å². The van der Waals surface area contributed by atoms with E-state index in [0.717, 1.165) is 25.1 Å². The average molecular weight is 381 g/mol. The standard InChI is InChI=1S/C21H23N3O4/c1-23-18-9-13(6-7-17(18)21(26)24-8-4-5-19(23)24)20(25)22-14-10-15(27-2)12-16(11-14)28-3/h6-7,9-12,19H,4-5,8H2,1-3H3,(H,22,25)/t19-/m0/s1. The Morgan fingerprint density at radius 2 is 1.82 bits per heavy atom. The number of methoxy groups -OCH3 is 2. The minimum atomic E-state index is -0.257. The smallest absolute Gasteiger partial charge is 0.257 e. The second-order valence-corrected chi connectivity index (χ2v) is 7.02. The van der Waals surface area contributed by atoms with Gasteiger partial charge in [-0.3, -0.25) is 9.59 Å². The van der Waals surface area contributed by atoms with E-state index in [9.17, 15) is 9.59 Å². The molecular weight excluding hydrogens is 358 g/mol. The van der Waals surface area contributed by atoms with Gasteiger partial charge >= 0.3 is 0 Å². The molecule has 2 aromatic rings. The van der Waals surface area contributed by atoms with Crippen molar-refractivity contribution in [1.29, 1.82) is 0 Å². The minimum absolute atomic E-state index is 0.0418. The van der Waals surface area contributed by atoms with Crippen LogP contribution >= 0.6 is 0 Å². The first-order valence-corrected chi connectivity index (χ1v) is 9.24. The van der Waals surface area contributed by atoms with Crippen molar-refractivity contribution in [2.75, 3.05) is 38.0 Å². The lowest BCUT2D eigenvalue weighted by atomic mass is 10.0. The van der Waals surface area contributed by atoms with Gasteiger partial charge in [0.1, 0.15) is 17.7 Å². The fourth-order valence-corrected chi connectivity index (χ4v) is 3.93. The van der Waals surface area contributed by atoms with Crippen molar-refractivity contribution >= 4 is 23.2 Å². The Hall–Kier alpha value is -3.22. The maximum Gasteiger partial charge on any atom is 0.257 e. The highest BCUT2D eigenvalue weighted by atomic mass is 16.5. The molecule has 7 nitrogen and oxygen atoms in total. The number of rotatable bonds is 4. The predicted molar refractivity (Wildman–Crippen MR) is 106 cm³/mol. The van der Waals surface area contributed by atoms with Crippen molar-refractivity contribution in [3.05, 3.63) is 47.5 Å². The van der Waals surface area contributed by atoms with Crippen molar-refractivity contribution < 1.29 is 19.1 Å². The van der Waals surface area contributed by atoms with Crippen molar-refractivity contribution in [1.82, 2.24) is 4.90 Å². The topological polar surface area (TPSA) is 71.1 Å². The second kappa shape index (κ2) is 7.07. The molecule has 1 N–H and O–H groups in total. The van der Waals surface area contributed by atoms with E-state index in [1.807, 2.05) is 11.9 Å². The SMILES string of the molecule is COc1cc(NC(=O)c2ccc3c(c2)N(C)[C@@H]2CCCN2C3=O)cc(OC)c1. The van der Waals surface area contributed by atoms with Gasteiger partial charge in [0.15, 0.2) is 0 Å². The number of carbonyl (C=O) groups is 2. The maximum atomic E-state index is 12.8. The molecule has 0 aromatic heterocycles. The van der Waals surface area contributed by atoms with E-state index < -0.39 is 0 Å². The molecule has 1 atom stereocenters. The van der Waals surface area contributed by atoms with Gasteiger partial charge in [-0.25, -0.2) is 0 Å². The van der Waals surface area contributed by atoms with E-state index in [2.05, 4.69) is 10.2 Å². The highest BCUT2D eigenvalue weighted by Gasteiger charge is 2.38. The predicted octanol–water partition coefficient (Wildman–Crippen LogP) is 2.97. The summed E-state index contributed by atoms with van der Waals surface area (Å²) in [6.45, 7) is 0.785. The third-order valence-electron chi connectivity index (χ3n) is 5.41. The molecule has 146 valence electrons. The summed E-state index contributed by atoms with van der Waals surface area (Å²) >= 11 is 0. The van der Waals surface area contributed by atoms with Crippen molar-refractivity contribution in [3.8, 4) is 11.5 Å². The summed E-state index contributed by atoms with van der Waals surface area (Å²) in [4.78, 5) is 29.5. The summed E-state index contributed by atoms with van der Waals surface area (Å²) in [6.07, 6.45) is 2.02. The Balaban J connectivity index is 1.62. The highest BCUT2D eigenvalue weighted by molar-refractivity contribution is 6.08. The van der Waals surface area contributed by atoms with Crippen LogP contribution in [0, 0.1) is 0 Å². The first-order valence-electron chi connectivity index (χ1n) is 9.24. The number of carbonyl (C=O) groups excluding carboxylic acids is 2. The number of hydrogen-bond acceptors (Lipinski definition) is 5. The van der Waals surface area contributed by atoms with E-state index in [-0.39, 0.29) is 18.0 Å². The highest BCUT2D eigenvalue weighted by Crippen LogP contribution is 2.35. The molecule has 0 aliphatic carbocycles. The fourth-order valence-electron chi connectivity index (χ4n) is 3.93. The van der Waals surface area contributed by atoms with Gasteiger partial charge in [-0.15, -0.1) is 0 Å². The van der Waals surface area contributed by atoms with Crippen molar-refractivity contribution in [3.63, 3.8) is 0 Å². The summed E-state index contributed by atoms with van der Waals surface area (Å²) in [5, 5.41) is 2.87. The summed E-state index contributed by atoms with van der Waals surface area (Å²) in [5.74, 6) is 0.964. The van der Waals surface area contributed by atoms with Crippen molar-refractivity contribution in [2.24, 2.45) is 0 Å². The Labute approximate surface area is 163 Å². The van der Waals surface area contributed by atoms with Gasteiger partial charge in [0.05, 0.1) is 25.5 Å². The number of ether oxygens (including phenoxy) is 2. The van der Waals surface area contributed by atoms with Crippen LogP contribution in [0.2, 0.25) is 0 Å². The van der Waals surface area contributed by atoms with E-state index in [4.69, 9.17) is 9.47 Å². The fraction of sp³-hybridized carbons (Fsp3) is 0.333. The van der Waals surface area contributed by atoms with E-state index in [0.29, 0.717) is 28.3 Å². The molecule has 1 saturated heterocycles. The van der Waals surface area contributed by atoms with E-state index in [1.54, 1.807) is 50.6 Å². The molecule has 2 aliphatic heterocycles. The maximum absolute atomic E-state index is 12.8. The molecule has 0 radical (unpaired) electrons. The van der Waals surface area contributed by atoms with Crippen LogP contribution in [0.25, 0.3) is 0 Å². The average Bonchev–Trinajstić information content (AvgIpc) is 3.21. The lowest BCUT2D eigenvalue weighted by molar-refractivity contribution is 0.0719. The minimum Gasteiger partial charge on any atom is -0.497 e. The zero-order chi connectivity index (χ0) is 19.8. The van der Waals surface area contributed by atoms with Gasteiger partial charge in [-0.2, -0.15) is 0 Å². The number of hydrogen-bond donors (Lipinski definition) is 1. The Morgan fingerprint density at radius 3 is 2.50 bits per heavy atom. The molecule has 0 spiro atoms. The molecule has 2 aromatic carbocycles. The van der Waals surface area contributed by atoms with Crippen LogP contribution in [-0.2, 0) is 0 Å². The third-order valence-corrected chi connectivity index (χ3v) is 5.41. The van der Waals surface area contributed by atoms with Gasteiger partial charge in [0, 0.05) is 43.0 Å². The van der Waals surface area contributed by atoms with Crippen LogP contribution in [-0.4, -0.2) is 50.7 Å².